The lowest BCUT2D eigenvalue weighted by Gasteiger charge is -1.99. The van der Waals surface area contributed by atoms with Crippen LogP contribution >= 0.6 is 11.3 Å². The first-order valence-electron chi connectivity index (χ1n) is 7.37. The Morgan fingerprint density at radius 3 is 2.65 bits per heavy atom. The second kappa shape index (κ2) is 5.81. The fourth-order valence-corrected chi connectivity index (χ4v) is 3.42. The standard InChI is InChI=1S/C17H14N4OS/c22-15(21-17-19-11-5-1-2-6-12(11)20-17)9-10-16-18-13-7-3-4-8-14(13)23-16/h1-8H,9-10H2,(H2,19,20,21,22). The van der Waals surface area contributed by atoms with Gasteiger partial charge in [0.15, 0.2) is 0 Å². The summed E-state index contributed by atoms with van der Waals surface area (Å²) >= 11 is 1.63. The van der Waals surface area contributed by atoms with Crippen molar-refractivity contribution in [2.45, 2.75) is 12.8 Å². The van der Waals surface area contributed by atoms with Crippen LogP contribution in [0.2, 0.25) is 0 Å². The molecule has 0 radical (unpaired) electrons. The first-order chi connectivity index (χ1) is 11.3. The molecule has 0 bridgehead atoms. The molecule has 1 amide bonds. The van der Waals surface area contributed by atoms with Gasteiger partial charge in [0.25, 0.3) is 0 Å². The number of benzene rings is 2. The van der Waals surface area contributed by atoms with E-state index < -0.39 is 0 Å². The van der Waals surface area contributed by atoms with Crippen molar-refractivity contribution >= 4 is 44.4 Å². The molecule has 0 saturated heterocycles. The Kier molecular flexibility index (Phi) is 3.51. The maximum Gasteiger partial charge on any atom is 0.227 e. The highest BCUT2D eigenvalue weighted by Gasteiger charge is 2.09. The SMILES string of the molecule is O=C(CCc1nc2ccccc2s1)Nc1nc2ccccc2[nH]1. The third kappa shape index (κ3) is 2.93. The molecule has 0 unspecified atom stereocenters. The Labute approximate surface area is 136 Å². The number of H-pyrrole nitrogens is 1. The van der Waals surface area contributed by atoms with Gasteiger partial charge in [-0.1, -0.05) is 24.3 Å². The van der Waals surface area contributed by atoms with Crippen molar-refractivity contribution in [1.82, 2.24) is 15.0 Å². The van der Waals surface area contributed by atoms with E-state index in [1.807, 2.05) is 48.5 Å². The average molecular weight is 322 g/mol. The van der Waals surface area contributed by atoms with Crippen molar-refractivity contribution in [1.29, 1.82) is 0 Å². The van der Waals surface area contributed by atoms with Crippen LogP contribution in [0.5, 0.6) is 0 Å². The van der Waals surface area contributed by atoms with Gasteiger partial charge in [-0.15, -0.1) is 11.3 Å². The number of nitrogens with one attached hydrogen (secondary N) is 2. The fourth-order valence-electron chi connectivity index (χ4n) is 2.45. The Balaban J connectivity index is 1.41. The summed E-state index contributed by atoms with van der Waals surface area (Å²) in [5.41, 5.74) is 2.74. The van der Waals surface area contributed by atoms with Crippen molar-refractivity contribution in [3.63, 3.8) is 0 Å². The zero-order valence-electron chi connectivity index (χ0n) is 12.2. The van der Waals surface area contributed by atoms with Crippen LogP contribution in [-0.4, -0.2) is 20.9 Å². The lowest BCUT2D eigenvalue weighted by Crippen LogP contribution is -2.13. The van der Waals surface area contributed by atoms with E-state index >= 15 is 0 Å². The summed E-state index contributed by atoms with van der Waals surface area (Å²) < 4.78 is 1.15. The average Bonchev–Trinajstić information content (AvgIpc) is 3.15. The fraction of sp³-hybridized carbons (Fsp3) is 0.118. The second-order valence-corrected chi connectivity index (χ2v) is 6.34. The topological polar surface area (TPSA) is 70.7 Å². The lowest BCUT2D eigenvalue weighted by molar-refractivity contribution is -0.116. The summed E-state index contributed by atoms with van der Waals surface area (Å²) in [5.74, 6) is 0.420. The number of carbonyl (C=O) groups excluding carboxylic acids is 1. The molecule has 0 fully saturated rings. The molecule has 6 heteroatoms. The van der Waals surface area contributed by atoms with Gasteiger partial charge in [-0.3, -0.25) is 10.1 Å². The summed E-state index contributed by atoms with van der Waals surface area (Å²) in [6.45, 7) is 0. The van der Waals surface area contributed by atoms with Crippen LogP contribution in [0, 0.1) is 0 Å². The van der Waals surface area contributed by atoms with Gasteiger partial charge in [0, 0.05) is 12.8 Å². The molecule has 0 aliphatic heterocycles. The zero-order valence-corrected chi connectivity index (χ0v) is 13.1. The van der Waals surface area contributed by atoms with Crippen molar-refractivity contribution < 1.29 is 4.79 Å². The molecule has 5 nitrogen and oxygen atoms in total. The molecule has 2 N–H and O–H groups in total. The number of para-hydroxylation sites is 3. The van der Waals surface area contributed by atoms with Crippen molar-refractivity contribution in [3.05, 3.63) is 53.5 Å². The molecule has 114 valence electrons. The molecule has 4 rings (SSSR count). The van der Waals surface area contributed by atoms with Crippen LogP contribution in [0.1, 0.15) is 11.4 Å². The van der Waals surface area contributed by atoms with Crippen LogP contribution in [0.15, 0.2) is 48.5 Å². The number of aromatic amines is 1. The summed E-state index contributed by atoms with van der Waals surface area (Å²) in [6, 6.07) is 15.7. The molecular formula is C17H14N4OS. The van der Waals surface area contributed by atoms with E-state index in [0.29, 0.717) is 18.8 Å². The smallest absolute Gasteiger partial charge is 0.227 e. The molecular weight excluding hydrogens is 308 g/mol. The monoisotopic (exact) mass is 322 g/mol. The number of carbonyl (C=O) groups is 1. The Hall–Kier alpha value is -2.73. The Morgan fingerprint density at radius 2 is 1.83 bits per heavy atom. The first-order valence-corrected chi connectivity index (χ1v) is 8.19. The Bertz CT molecular complexity index is 922. The van der Waals surface area contributed by atoms with Gasteiger partial charge >= 0.3 is 0 Å². The van der Waals surface area contributed by atoms with Crippen LogP contribution in [0.25, 0.3) is 21.3 Å². The minimum atomic E-state index is -0.0664. The van der Waals surface area contributed by atoms with Gasteiger partial charge in [0.05, 0.1) is 26.3 Å². The van der Waals surface area contributed by atoms with Crippen molar-refractivity contribution in [2.24, 2.45) is 0 Å². The quantitative estimate of drug-likeness (QED) is 0.601. The van der Waals surface area contributed by atoms with E-state index in [4.69, 9.17) is 0 Å². The zero-order chi connectivity index (χ0) is 15.6. The van der Waals surface area contributed by atoms with E-state index in [1.165, 1.54) is 0 Å². The molecule has 0 atom stereocenters. The van der Waals surface area contributed by atoms with E-state index in [-0.39, 0.29) is 5.91 Å². The van der Waals surface area contributed by atoms with Gasteiger partial charge in [0.2, 0.25) is 11.9 Å². The molecule has 0 aliphatic rings. The van der Waals surface area contributed by atoms with Crippen molar-refractivity contribution in [2.75, 3.05) is 5.32 Å². The number of rotatable bonds is 4. The third-order valence-corrected chi connectivity index (χ3v) is 4.65. The van der Waals surface area contributed by atoms with Gasteiger partial charge in [-0.05, 0) is 24.3 Å². The van der Waals surface area contributed by atoms with Crippen LogP contribution in [-0.2, 0) is 11.2 Å². The minimum Gasteiger partial charge on any atom is -0.324 e. The number of anilines is 1. The van der Waals surface area contributed by atoms with Crippen LogP contribution in [0.4, 0.5) is 5.95 Å². The number of nitrogens with zero attached hydrogens (tertiary/aromatic N) is 2. The highest BCUT2D eigenvalue weighted by atomic mass is 32.1. The number of amides is 1. The minimum absolute atomic E-state index is 0.0664. The molecule has 0 aliphatic carbocycles. The van der Waals surface area contributed by atoms with Gasteiger partial charge < -0.3 is 4.98 Å². The highest BCUT2D eigenvalue weighted by Crippen LogP contribution is 2.22. The first kappa shape index (κ1) is 13.9. The number of aromatic nitrogens is 3. The summed E-state index contributed by atoms with van der Waals surface area (Å²) in [5, 5.41) is 3.78. The van der Waals surface area contributed by atoms with Gasteiger partial charge in [-0.2, -0.15) is 0 Å². The summed E-state index contributed by atoms with van der Waals surface area (Å²) in [6.07, 6.45) is 1.02. The predicted octanol–water partition coefficient (Wildman–Crippen LogP) is 3.74. The van der Waals surface area contributed by atoms with E-state index in [0.717, 1.165) is 26.3 Å². The molecule has 0 spiro atoms. The van der Waals surface area contributed by atoms with Gasteiger partial charge in [-0.25, -0.2) is 9.97 Å². The van der Waals surface area contributed by atoms with E-state index in [1.54, 1.807) is 11.3 Å². The van der Waals surface area contributed by atoms with E-state index in [2.05, 4.69) is 20.3 Å². The normalized spacial score (nSPS) is 11.1. The largest absolute Gasteiger partial charge is 0.324 e. The molecule has 2 aromatic carbocycles. The molecule has 2 heterocycles. The molecule has 4 aromatic rings. The van der Waals surface area contributed by atoms with Crippen LogP contribution in [0.3, 0.4) is 0 Å². The highest BCUT2D eigenvalue weighted by molar-refractivity contribution is 7.18. The van der Waals surface area contributed by atoms with E-state index in [9.17, 15) is 4.79 Å². The maximum absolute atomic E-state index is 12.1. The number of fused-ring (bicyclic) bond motifs is 2. The van der Waals surface area contributed by atoms with Crippen molar-refractivity contribution in [3.8, 4) is 0 Å². The maximum atomic E-state index is 12.1. The number of imidazole rings is 1. The second-order valence-electron chi connectivity index (χ2n) is 5.23. The molecule has 23 heavy (non-hydrogen) atoms. The third-order valence-electron chi connectivity index (χ3n) is 3.55. The number of hydrogen-bond donors (Lipinski definition) is 2. The number of thiazole rings is 1. The summed E-state index contributed by atoms with van der Waals surface area (Å²) in [4.78, 5) is 24.1. The summed E-state index contributed by atoms with van der Waals surface area (Å²) in [7, 11) is 0. The van der Waals surface area contributed by atoms with Gasteiger partial charge in [0.1, 0.15) is 0 Å². The number of hydrogen-bond acceptors (Lipinski definition) is 4. The lowest BCUT2D eigenvalue weighted by atomic mass is 10.3. The number of aryl methyl sites for hydroxylation is 1. The van der Waals surface area contributed by atoms with Crippen LogP contribution < -0.4 is 5.32 Å². The predicted molar refractivity (Wildman–Crippen MR) is 92.7 cm³/mol. The molecule has 2 aromatic heterocycles. The molecule has 0 saturated carbocycles. The Morgan fingerprint density at radius 1 is 1.04 bits per heavy atom.